The summed E-state index contributed by atoms with van der Waals surface area (Å²) in [7, 11) is -3.53. The highest BCUT2D eigenvalue weighted by Gasteiger charge is 2.35. The Labute approximate surface area is 209 Å². The maximum absolute atomic E-state index is 13.9. The van der Waals surface area contributed by atoms with E-state index in [1.54, 1.807) is 0 Å². The minimum atomic E-state index is -4.98. The molecule has 0 aromatic heterocycles. The van der Waals surface area contributed by atoms with Crippen LogP contribution >= 0.6 is 11.6 Å². The van der Waals surface area contributed by atoms with Crippen LogP contribution in [-0.4, -0.2) is 22.7 Å². The van der Waals surface area contributed by atoms with E-state index >= 15 is 0 Å². The molecule has 0 aliphatic carbocycles. The third-order valence-corrected chi connectivity index (χ3v) is 5.98. The first-order valence-electron chi connectivity index (χ1n) is 9.73. The summed E-state index contributed by atoms with van der Waals surface area (Å²) in [6.07, 6.45) is -8.98. The average Bonchev–Trinajstić information content (AvgIpc) is 2.74. The van der Waals surface area contributed by atoms with Gasteiger partial charge < -0.3 is 14.8 Å². The van der Waals surface area contributed by atoms with Crippen molar-refractivity contribution in [2.24, 2.45) is 0 Å². The lowest BCUT2D eigenvalue weighted by molar-refractivity contribution is -0.274. The highest BCUT2D eigenvalue weighted by molar-refractivity contribution is 7.91. The maximum Gasteiger partial charge on any atom is 0.573 e. The fraction of sp³-hybridized carbons (Fsp3) is 0.136. The van der Waals surface area contributed by atoms with Crippen LogP contribution in [0.5, 0.6) is 17.2 Å². The zero-order valence-electron chi connectivity index (χ0n) is 18.3. The first kappa shape index (κ1) is 28.1. The van der Waals surface area contributed by atoms with Crippen LogP contribution in [0.1, 0.15) is 15.9 Å². The first-order chi connectivity index (χ1) is 16.9. The van der Waals surface area contributed by atoms with Gasteiger partial charge in [0.2, 0.25) is 0 Å². The lowest BCUT2D eigenvalue weighted by atomic mass is 10.1. The molecule has 0 fully saturated rings. The molecular formula is C22H14ClF7N2O4S. The Hall–Kier alpha value is -3.52. The standard InChI is InChI=1S/C22H14ClF7N2O4S/c1-37(31,34)19-8-11(2-7-17(19)24)32-20(33)14-9-16(23)15(21(25,26)27)10-18(14)35-12-3-5-13(6-4-12)36-22(28,29)30/h2-10,31H,1H3,(H,32,33). The van der Waals surface area contributed by atoms with Crippen LogP contribution in [0, 0.1) is 10.6 Å². The van der Waals surface area contributed by atoms with Gasteiger partial charge >= 0.3 is 12.5 Å². The molecule has 0 aliphatic rings. The van der Waals surface area contributed by atoms with E-state index in [4.69, 9.17) is 21.1 Å². The summed E-state index contributed by atoms with van der Waals surface area (Å²) < 4.78 is 120. The van der Waals surface area contributed by atoms with E-state index in [-0.39, 0.29) is 11.4 Å². The molecular weight excluding hydrogens is 557 g/mol. The number of nitrogens with one attached hydrogen (secondary N) is 2. The predicted molar refractivity (Wildman–Crippen MR) is 119 cm³/mol. The van der Waals surface area contributed by atoms with Gasteiger partial charge in [-0.1, -0.05) is 11.6 Å². The van der Waals surface area contributed by atoms with Gasteiger partial charge in [0, 0.05) is 11.9 Å². The SMILES string of the molecule is CS(=N)(=O)c1cc(NC(=O)c2cc(Cl)c(C(F)(F)F)cc2Oc2ccc(OC(F)(F)F)cc2)ccc1F. The lowest BCUT2D eigenvalue weighted by Crippen LogP contribution is -2.17. The van der Waals surface area contributed by atoms with Crippen LogP contribution in [0.25, 0.3) is 0 Å². The van der Waals surface area contributed by atoms with Gasteiger partial charge in [0.15, 0.2) is 0 Å². The number of amides is 1. The molecule has 3 rings (SSSR count). The Balaban J connectivity index is 2.00. The van der Waals surface area contributed by atoms with Gasteiger partial charge in [-0.2, -0.15) is 13.2 Å². The number of rotatable bonds is 6. The Bertz CT molecular complexity index is 1440. The van der Waals surface area contributed by atoms with Crippen molar-refractivity contribution in [3.05, 3.63) is 76.6 Å². The Morgan fingerprint density at radius 3 is 2.11 bits per heavy atom. The molecule has 2 N–H and O–H groups in total. The summed E-state index contributed by atoms with van der Waals surface area (Å²) in [5.74, 6) is -3.59. The fourth-order valence-electron chi connectivity index (χ4n) is 2.95. The van der Waals surface area contributed by atoms with Crippen LogP contribution in [0.2, 0.25) is 5.02 Å². The Morgan fingerprint density at radius 1 is 0.973 bits per heavy atom. The third kappa shape index (κ3) is 7.26. The second kappa shape index (κ2) is 10.1. The van der Waals surface area contributed by atoms with Crippen LogP contribution in [-0.2, 0) is 15.9 Å². The summed E-state index contributed by atoms with van der Waals surface area (Å²) in [5.41, 5.74) is -2.02. The van der Waals surface area contributed by atoms with Crippen LogP contribution < -0.4 is 14.8 Å². The van der Waals surface area contributed by atoms with Crippen molar-refractivity contribution in [2.75, 3.05) is 11.6 Å². The molecule has 0 bridgehead atoms. The summed E-state index contributed by atoms with van der Waals surface area (Å²) in [4.78, 5) is 12.4. The first-order valence-corrected chi connectivity index (χ1v) is 12.1. The van der Waals surface area contributed by atoms with Gasteiger partial charge in [-0.3, -0.25) is 4.79 Å². The molecule has 3 aromatic rings. The van der Waals surface area contributed by atoms with Gasteiger partial charge in [-0.25, -0.2) is 13.4 Å². The van der Waals surface area contributed by atoms with E-state index in [0.29, 0.717) is 12.1 Å². The number of carbonyl (C=O) groups excluding carboxylic acids is 1. The highest BCUT2D eigenvalue weighted by atomic mass is 35.5. The molecule has 0 radical (unpaired) electrons. The van der Waals surface area contributed by atoms with Gasteiger partial charge in [0.1, 0.15) is 23.1 Å². The van der Waals surface area contributed by atoms with Crippen molar-refractivity contribution in [2.45, 2.75) is 17.4 Å². The van der Waals surface area contributed by atoms with E-state index in [0.717, 1.165) is 48.7 Å². The van der Waals surface area contributed by atoms with Gasteiger partial charge in [-0.05, 0) is 54.6 Å². The number of carbonyl (C=O) groups is 1. The minimum Gasteiger partial charge on any atom is -0.457 e. The van der Waals surface area contributed by atoms with Crippen molar-refractivity contribution in [3.63, 3.8) is 0 Å². The van der Waals surface area contributed by atoms with Crippen molar-refractivity contribution in [1.29, 1.82) is 4.78 Å². The predicted octanol–water partition coefficient (Wildman–Crippen LogP) is 7.48. The fourth-order valence-corrected chi connectivity index (χ4v) is 4.01. The van der Waals surface area contributed by atoms with Crippen molar-refractivity contribution in [1.82, 2.24) is 0 Å². The molecule has 1 atom stereocenters. The highest BCUT2D eigenvalue weighted by Crippen LogP contribution is 2.40. The molecule has 198 valence electrons. The number of hydrogen-bond donors (Lipinski definition) is 2. The molecule has 0 heterocycles. The monoisotopic (exact) mass is 570 g/mol. The maximum atomic E-state index is 13.9. The lowest BCUT2D eigenvalue weighted by Gasteiger charge is -2.17. The van der Waals surface area contributed by atoms with Gasteiger partial charge in [0.05, 0.1) is 30.8 Å². The van der Waals surface area contributed by atoms with Crippen LogP contribution in [0.4, 0.5) is 36.4 Å². The molecule has 0 saturated carbocycles. The number of alkyl halides is 6. The number of halogens is 8. The third-order valence-electron chi connectivity index (χ3n) is 4.51. The zero-order chi connectivity index (χ0) is 27.8. The van der Waals surface area contributed by atoms with Crippen LogP contribution in [0.3, 0.4) is 0 Å². The second-order valence-corrected chi connectivity index (χ2v) is 9.92. The van der Waals surface area contributed by atoms with E-state index in [1.807, 2.05) is 0 Å². The average molecular weight is 571 g/mol. The molecule has 15 heteroatoms. The van der Waals surface area contributed by atoms with Crippen molar-refractivity contribution < 1.29 is 49.2 Å². The topological polar surface area (TPSA) is 88.5 Å². The molecule has 0 aliphatic heterocycles. The summed E-state index contributed by atoms with van der Waals surface area (Å²) in [5, 5.41) is 1.41. The van der Waals surface area contributed by atoms with Crippen molar-refractivity contribution in [3.8, 4) is 17.2 Å². The smallest absolute Gasteiger partial charge is 0.457 e. The Kier molecular flexibility index (Phi) is 7.65. The Morgan fingerprint density at radius 2 is 1.57 bits per heavy atom. The second-order valence-electron chi connectivity index (χ2n) is 7.39. The number of ether oxygens (including phenoxy) is 2. The normalized spacial score (nSPS) is 13.5. The largest absolute Gasteiger partial charge is 0.573 e. The molecule has 0 saturated heterocycles. The van der Waals surface area contributed by atoms with Gasteiger partial charge in [-0.15, -0.1) is 13.2 Å². The molecule has 0 spiro atoms. The van der Waals surface area contributed by atoms with E-state index in [1.165, 1.54) is 0 Å². The molecule has 1 unspecified atom stereocenters. The zero-order valence-corrected chi connectivity index (χ0v) is 19.8. The molecule has 6 nitrogen and oxygen atoms in total. The van der Waals surface area contributed by atoms with E-state index in [2.05, 4.69) is 10.1 Å². The molecule has 37 heavy (non-hydrogen) atoms. The minimum absolute atomic E-state index is 0.140. The van der Waals surface area contributed by atoms with Crippen LogP contribution in [0.15, 0.2) is 59.5 Å². The molecule has 1 amide bonds. The number of benzene rings is 3. The van der Waals surface area contributed by atoms with E-state index < -0.39 is 66.5 Å². The summed E-state index contributed by atoms with van der Waals surface area (Å²) >= 11 is 5.73. The van der Waals surface area contributed by atoms with Gasteiger partial charge in [0.25, 0.3) is 5.91 Å². The van der Waals surface area contributed by atoms with E-state index in [9.17, 15) is 39.7 Å². The summed E-state index contributed by atoms with van der Waals surface area (Å²) in [6, 6.07) is 7.51. The molecule has 3 aromatic carbocycles. The quantitative estimate of drug-likeness (QED) is 0.301. The number of anilines is 1. The number of hydrogen-bond acceptors (Lipinski definition) is 5. The summed E-state index contributed by atoms with van der Waals surface area (Å²) in [6.45, 7) is 0. The van der Waals surface area contributed by atoms with Crippen molar-refractivity contribution >= 4 is 32.9 Å².